The lowest BCUT2D eigenvalue weighted by molar-refractivity contribution is -0.117. The molecular weight excluding hydrogens is 344 g/mol. The molecule has 0 unspecified atom stereocenters. The van der Waals surface area contributed by atoms with Crippen LogP contribution in [0.4, 0.5) is 11.5 Å². The Morgan fingerprint density at radius 2 is 2.00 bits per heavy atom. The van der Waals surface area contributed by atoms with Crippen LogP contribution >= 0.6 is 0 Å². The molecule has 1 aromatic carbocycles. The number of hydrogen-bond donors (Lipinski definition) is 2. The summed E-state index contributed by atoms with van der Waals surface area (Å²) in [6.45, 7) is 5.53. The second kappa shape index (κ2) is 7.03. The van der Waals surface area contributed by atoms with Gasteiger partial charge in [0.2, 0.25) is 11.8 Å². The van der Waals surface area contributed by atoms with Crippen molar-refractivity contribution >= 4 is 23.3 Å². The van der Waals surface area contributed by atoms with Crippen LogP contribution in [-0.4, -0.2) is 27.8 Å². The molecule has 8 heteroatoms. The number of hydrogen-bond acceptors (Lipinski definition) is 6. The van der Waals surface area contributed by atoms with Crippen LogP contribution in [0.2, 0.25) is 0 Å². The van der Waals surface area contributed by atoms with Crippen molar-refractivity contribution in [2.24, 2.45) is 11.7 Å². The third-order valence-corrected chi connectivity index (χ3v) is 5.01. The van der Waals surface area contributed by atoms with Gasteiger partial charge in [0, 0.05) is 30.1 Å². The lowest BCUT2D eigenvalue weighted by Gasteiger charge is -2.44. The first-order chi connectivity index (χ1) is 12.8. The van der Waals surface area contributed by atoms with Gasteiger partial charge in [-0.1, -0.05) is 6.92 Å². The van der Waals surface area contributed by atoms with E-state index < -0.39 is 5.91 Å². The number of nitrogens with zero attached hydrogens (tertiary/aromatic N) is 4. The van der Waals surface area contributed by atoms with Crippen molar-refractivity contribution in [3.8, 4) is 6.07 Å². The van der Waals surface area contributed by atoms with Gasteiger partial charge in [-0.2, -0.15) is 5.26 Å². The Morgan fingerprint density at radius 1 is 1.26 bits per heavy atom. The smallest absolute Gasteiger partial charge is 0.248 e. The maximum atomic E-state index is 12.2. The van der Waals surface area contributed by atoms with Gasteiger partial charge in [-0.05, 0) is 30.7 Å². The number of primary amides is 1. The van der Waals surface area contributed by atoms with Crippen molar-refractivity contribution < 1.29 is 9.59 Å². The Bertz CT molecular complexity index is 934. The molecule has 2 aromatic rings. The Kier molecular flexibility index (Phi) is 4.77. The zero-order chi connectivity index (χ0) is 19.7. The van der Waals surface area contributed by atoms with E-state index in [0.29, 0.717) is 11.4 Å². The number of anilines is 2. The zero-order valence-electron chi connectivity index (χ0n) is 15.3. The van der Waals surface area contributed by atoms with Crippen molar-refractivity contribution in [3.05, 3.63) is 47.4 Å². The highest BCUT2D eigenvalue weighted by molar-refractivity contribution is 5.97. The van der Waals surface area contributed by atoms with Crippen molar-refractivity contribution in [1.82, 2.24) is 9.97 Å². The largest absolute Gasteiger partial charge is 0.366 e. The Morgan fingerprint density at radius 3 is 2.56 bits per heavy atom. The molecule has 2 amide bonds. The number of nitrogens with one attached hydrogen (secondary N) is 1. The number of amides is 2. The molecule has 1 aromatic heterocycles. The molecule has 1 aliphatic rings. The quantitative estimate of drug-likeness (QED) is 0.858. The first-order valence-electron chi connectivity index (χ1n) is 8.55. The Balaban J connectivity index is 2.08. The second-order valence-electron chi connectivity index (χ2n) is 6.65. The van der Waals surface area contributed by atoms with Crippen molar-refractivity contribution in [2.75, 3.05) is 10.2 Å². The van der Waals surface area contributed by atoms with Gasteiger partial charge >= 0.3 is 0 Å². The summed E-state index contributed by atoms with van der Waals surface area (Å²) in [5.41, 5.74) is 7.56. The maximum Gasteiger partial charge on any atom is 0.248 e. The lowest BCUT2D eigenvalue weighted by Crippen LogP contribution is -2.48. The van der Waals surface area contributed by atoms with E-state index in [-0.39, 0.29) is 29.6 Å². The average molecular weight is 364 g/mol. The van der Waals surface area contributed by atoms with Crippen LogP contribution in [0.1, 0.15) is 48.4 Å². The van der Waals surface area contributed by atoms with Gasteiger partial charge < -0.3 is 16.0 Å². The minimum Gasteiger partial charge on any atom is -0.366 e. The highest BCUT2D eigenvalue weighted by Crippen LogP contribution is 2.42. The van der Waals surface area contributed by atoms with E-state index in [4.69, 9.17) is 11.0 Å². The van der Waals surface area contributed by atoms with Crippen molar-refractivity contribution in [3.63, 3.8) is 0 Å². The lowest BCUT2D eigenvalue weighted by atomic mass is 9.82. The standard InChI is InChI=1S/C19H20N6O2/c1-10-11(2)25(12(3)26)16-5-4-13(19(21)27)6-15(16)18(10)24-17-9-22-14(7-20)8-23-17/h4-6,8-11,18H,1-3H3,(H2,21,27)(H,23,24)/t10-,11-,18+/m0/s1. The fourth-order valence-electron chi connectivity index (χ4n) is 3.48. The van der Waals surface area contributed by atoms with Crippen LogP contribution < -0.4 is 16.0 Å². The molecule has 3 rings (SSSR count). The number of aromatic nitrogens is 2. The zero-order valence-corrected chi connectivity index (χ0v) is 15.3. The van der Waals surface area contributed by atoms with E-state index >= 15 is 0 Å². The van der Waals surface area contributed by atoms with Crippen LogP contribution in [0.5, 0.6) is 0 Å². The molecule has 8 nitrogen and oxygen atoms in total. The first-order valence-corrected chi connectivity index (χ1v) is 8.55. The van der Waals surface area contributed by atoms with E-state index in [9.17, 15) is 9.59 Å². The van der Waals surface area contributed by atoms with Gasteiger partial charge in [-0.3, -0.25) is 9.59 Å². The number of rotatable bonds is 3. The maximum absolute atomic E-state index is 12.2. The summed E-state index contributed by atoms with van der Waals surface area (Å²) in [5, 5.41) is 12.2. The minimum atomic E-state index is -0.532. The number of nitriles is 1. The van der Waals surface area contributed by atoms with Crippen molar-refractivity contribution in [1.29, 1.82) is 5.26 Å². The molecule has 1 aliphatic heterocycles. The molecule has 27 heavy (non-hydrogen) atoms. The molecular formula is C19H20N6O2. The van der Waals surface area contributed by atoms with Crippen LogP contribution in [0.25, 0.3) is 0 Å². The third kappa shape index (κ3) is 3.31. The Labute approximate surface area is 157 Å². The van der Waals surface area contributed by atoms with E-state index in [1.807, 2.05) is 19.9 Å². The topological polar surface area (TPSA) is 125 Å². The Hall–Kier alpha value is -3.47. The fourth-order valence-corrected chi connectivity index (χ4v) is 3.48. The molecule has 138 valence electrons. The molecule has 3 atom stereocenters. The van der Waals surface area contributed by atoms with Crippen LogP contribution in [0, 0.1) is 17.2 Å². The minimum absolute atomic E-state index is 0.0157. The van der Waals surface area contributed by atoms with E-state index in [0.717, 1.165) is 11.3 Å². The van der Waals surface area contributed by atoms with Gasteiger partial charge in [-0.25, -0.2) is 9.97 Å². The highest BCUT2D eigenvalue weighted by Gasteiger charge is 2.38. The molecule has 0 aliphatic carbocycles. The number of carbonyl (C=O) groups is 2. The number of benzene rings is 1. The molecule has 0 fully saturated rings. The molecule has 0 saturated heterocycles. The molecule has 0 bridgehead atoms. The monoisotopic (exact) mass is 364 g/mol. The fraction of sp³-hybridized carbons (Fsp3) is 0.316. The highest BCUT2D eigenvalue weighted by atomic mass is 16.2. The summed E-state index contributed by atoms with van der Waals surface area (Å²) >= 11 is 0. The van der Waals surface area contributed by atoms with Gasteiger partial charge in [0.05, 0.1) is 18.4 Å². The molecule has 0 radical (unpaired) electrons. The predicted octanol–water partition coefficient (Wildman–Crippen LogP) is 1.99. The predicted molar refractivity (Wildman–Crippen MR) is 99.9 cm³/mol. The third-order valence-electron chi connectivity index (χ3n) is 5.01. The SMILES string of the molecule is CC(=O)N1c2ccc(C(N)=O)cc2[C@H](Nc2cnc(C#N)cn2)[C@@H](C)[C@@H]1C. The number of carbonyl (C=O) groups excluding carboxylic acids is 2. The van der Waals surface area contributed by atoms with Gasteiger partial charge in [0.15, 0.2) is 5.69 Å². The van der Waals surface area contributed by atoms with Crippen LogP contribution in [0.15, 0.2) is 30.6 Å². The first kappa shape index (κ1) is 18.3. The van der Waals surface area contributed by atoms with E-state index in [1.54, 1.807) is 23.1 Å². The molecule has 0 saturated carbocycles. The molecule has 3 N–H and O–H groups in total. The van der Waals surface area contributed by atoms with Gasteiger partial charge in [0.25, 0.3) is 0 Å². The number of fused-ring (bicyclic) bond motifs is 1. The molecule has 0 spiro atoms. The summed E-state index contributed by atoms with van der Waals surface area (Å²) in [7, 11) is 0. The summed E-state index contributed by atoms with van der Waals surface area (Å²) in [5.74, 6) is -0.0823. The van der Waals surface area contributed by atoms with E-state index in [2.05, 4.69) is 15.3 Å². The summed E-state index contributed by atoms with van der Waals surface area (Å²) in [6, 6.07) is 6.73. The summed E-state index contributed by atoms with van der Waals surface area (Å²) < 4.78 is 0. The summed E-state index contributed by atoms with van der Waals surface area (Å²) in [6.07, 6.45) is 2.88. The number of nitrogens with two attached hydrogens (primary N) is 1. The van der Waals surface area contributed by atoms with Gasteiger partial charge in [0.1, 0.15) is 11.9 Å². The second-order valence-corrected chi connectivity index (χ2v) is 6.65. The normalized spacial score (nSPS) is 21.1. The van der Waals surface area contributed by atoms with Gasteiger partial charge in [-0.15, -0.1) is 0 Å². The van der Waals surface area contributed by atoms with Crippen LogP contribution in [0.3, 0.4) is 0 Å². The van der Waals surface area contributed by atoms with Crippen LogP contribution in [-0.2, 0) is 4.79 Å². The van der Waals surface area contributed by atoms with Crippen molar-refractivity contribution in [2.45, 2.75) is 32.9 Å². The summed E-state index contributed by atoms with van der Waals surface area (Å²) in [4.78, 5) is 33.9. The average Bonchev–Trinajstić information content (AvgIpc) is 2.65. The van der Waals surface area contributed by atoms with E-state index in [1.165, 1.54) is 19.3 Å². The molecule has 2 heterocycles.